The molecule has 3 heterocycles. The lowest BCUT2D eigenvalue weighted by Gasteiger charge is -2.03. The van der Waals surface area contributed by atoms with Crippen LogP contribution in [0.1, 0.15) is 32.1 Å². The van der Waals surface area contributed by atoms with E-state index >= 15 is 0 Å². The second kappa shape index (κ2) is 9.28. The molecule has 0 spiro atoms. The van der Waals surface area contributed by atoms with Gasteiger partial charge in [-0.2, -0.15) is 10.2 Å². The number of rotatable bonds is 6. The van der Waals surface area contributed by atoms with Gasteiger partial charge in [-0.25, -0.2) is 15.8 Å². The first-order valence-electron chi connectivity index (χ1n) is 10.1. The van der Waals surface area contributed by atoms with E-state index in [1.54, 1.807) is 42.5 Å². The van der Waals surface area contributed by atoms with Gasteiger partial charge in [-0.1, -0.05) is 6.07 Å². The molecular weight excluding hydrogens is 442 g/mol. The van der Waals surface area contributed by atoms with Gasteiger partial charge in [0.15, 0.2) is 23.0 Å². The van der Waals surface area contributed by atoms with Gasteiger partial charge < -0.3 is 18.9 Å². The summed E-state index contributed by atoms with van der Waals surface area (Å²) in [5.41, 5.74) is 6.23. The summed E-state index contributed by atoms with van der Waals surface area (Å²) in [5, 5.41) is 7.84. The molecule has 1 aromatic heterocycles. The highest BCUT2D eigenvalue weighted by molar-refractivity contribution is 5.97. The summed E-state index contributed by atoms with van der Waals surface area (Å²) in [4.78, 5) is 28.8. The zero-order valence-electron chi connectivity index (χ0n) is 17.6. The van der Waals surface area contributed by atoms with Crippen molar-refractivity contribution >= 4 is 24.2 Å². The Morgan fingerprint density at radius 3 is 1.68 bits per heavy atom. The lowest BCUT2D eigenvalue weighted by atomic mass is 10.2. The summed E-state index contributed by atoms with van der Waals surface area (Å²) in [7, 11) is 0. The zero-order valence-corrected chi connectivity index (χ0v) is 17.6. The minimum absolute atomic E-state index is 0.0234. The van der Waals surface area contributed by atoms with Crippen LogP contribution in [0.3, 0.4) is 0 Å². The fraction of sp³-hybridized carbons (Fsp3) is 0.0870. The zero-order chi connectivity index (χ0) is 23.3. The number of hydrogen-bond acceptors (Lipinski definition) is 9. The summed E-state index contributed by atoms with van der Waals surface area (Å²) in [6.07, 6.45) is 2.92. The van der Waals surface area contributed by atoms with Gasteiger partial charge in [0.1, 0.15) is 11.4 Å². The Kier molecular flexibility index (Phi) is 5.72. The normalized spacial score (nSPS) is 13.4. The molecule has 0 saturated heterocycles. The predicted molar refractivity (Wildman–Crippen MR) is 119 cm³/mol. The third-order valence-electron chi connectivity index (χ3n) is 4.77. The Morgan fingerprint density at radius 1 is 0.706 bits per heavy atom. The Morgan fingerprint density at radius 2 is 1.18 bits per heavy atom. The molecule has 34 heavy (non-hydrogen) atoms. The highest BCUT2D eigenvalue weighted by Gasteiger charge is 2.14. The number of hydrazone groups is 2. The van der Waals surface area contributed by atoms with Crippen LogP contribution in [0.25, 0.3) is 0 Å². The van der Waals surface area contributed by atoms with E-state index in [-0.39, 0.29) is 25.0 Å². The molecule has 2 aliphatic rings. The summed E-state index contributed by atoms with van der Waals surface area (Å²) >= 11 is 0. The molecule has 2 aliphatic heterocycles. The molecule has 0 saturated carbocycles. The summed E-state index contributed by atoms with van der Waals surface area (Å²) in [5.74, 6) is 1.38. The fourth-order valence-corrected chi connectivity index (χ4v) is 3.12. The summed E-state index contributed by atoms with van der Waals surface area (Å²) in [6, 6.07) is 15.0. The quantitative estimate of drug-likeness (QED) is 0.426. The first-order chi connectivity index (χ1) is 16.7. The van der Waals surface area contributed by atoms with Crippen LogP contribution < -0.4 is 29.8 Å². The van der Waals surface area contributed by atoms with Crippen LogP contribution in [0.2, 0.25) is 0 Å². The second-order valence-electron chi connectivity index (χ2n) is 7.03. The van der Waals surface area contributed by atoms with Crippen molar-refractivity contribution in [3.63, 3.8) is 0 Å². The maximum absolute atomic E-state index is 12.4. The Bertz CT molecular complexity index is 1230. The van der Waals surface area contributed by atoms with Crippen LogP contribution >= 0.6 is 0 Å². The van der Waals surface area contributed by atoms with Gasteiger partial charge in [0.25, 0.3) is 11.8 Å². The monoisotopic (exact) mass is 459 g/mol. The van der Waals surface area contributed by atoms with E-state index in [4.69, 9.17) is 18.9 Å². The van der Waals surface area contributed by atoms with Crippen molar-refractivity contribution < 1.29 is 28.5 Å². The van der Waals surface area contributed by atoms with E-state index in [9.17, 15) is 9.59 Å². The molecule has 2 amide bonds. The van der Waals surface area contributed by atoms with Crippen molar-refractivity contribution in [3.05, 3.63) is 77.1 Å². The highest BCUT2D eigenvalue weighted by atomic mass is 16.7. The van der Waals surface area contributed by atoms with Gasteiger partial charge in [-0.05, 0) is 59.7 Å². The van der Waals surface area contributed by atoms with E-state index in [0.717, 1.165) is 0 Å². The van der Waals surface area contributed by atoms with E-state index in [0.29, 0.717) is 34.1 Å². The number of benzene rings is 2. The van der Waals surface area contributed by atoms with Crippen LogP contribution in [0.15, 0.2) is 64.8 Å². The predicted octanol–water partition coefficient (Wildman–Crippen LogP) is 2.07. The lowest BCUT2D eigenvalue weighted by Crippen LogP contribution is -2.23. The number of hydrogen-bond donors (Lipinski definition) is 2. The Labute approximate surface area is 193 Å². The SMILES string of the molecule is O=C(N/N=C\c1ccc2c(c1)OCO2)c1cccc(C(=O)N/N=C\c2ccc3c(c2)OCO3)n1. The number of carbonyl (C=O) groups excluding carboxylic acids is 2. The molecule has 0 aliphatic carbocycles. The number of pyridine rings is 1. The van der Waals surface area contributed by atoms with Crippen molar-refractivity contribution in [3.8, 4) is 23.0 Å². The largest absolute Gasteiger partial charge is 0.454 e. The highest BCUT2D eigenvalue weighted by Crippen LogP contribution is 2.32. The number of amides is 2. The van der Waals surface area contributed by atoms with Crippen molar-refractivity contribution in [1.29, 1.82) is 0 Å². The van der Waals surface area contributed by atoms with Gasteiger partial charge >= 0.3 is 0 Å². The fourth-order valence-electron chi connectivity index (χ4n) is 3.12. The molecule has 0 fully saturated rings. The summed E-state index contributed by atoms with van der Waals surface area (Å²) in [6.45, 7) is 0.345. The number of fused-ring (bicyclic) bond motifs is 2. The molecule has 0 bridgehead atoms. The molecule has 0 radical (unpaired) electrons. The van der Waals surface area contributed by atoms with E-state index in [2.05, 4.69) is 26.0 Å². The van der Waals surface area contributed by atoms with Crippen molar-refractivity contribution in [2.45, 2.75) is 0 Å². The van der Waals surface area contributed by atoms with Crippen LogP contribution in [0, 0.1) is 0 Å². The van der Waals surface area contributed by atoms with Gasteiger partial charge in [0.2, 0.25) is 13.6 Å². The first kappa shape index (κ1) is 20.9. The van der Waals surface area contributed by atoms with Crippen LogP contribution in [-0.4, -0.2) is 42.8 Å². The third-order valence-corrected chi connectivity index (χ3v) is 4.77. The molecule has 2 aromatic carbocycles. The number of aromatic nitrogens is 1. The Balaban J connectivity index is 1.18. The minimum Gasteiger partial charge on any atom is -0.454 e. The smallest absolute Gasteiger partial charge is 0.289 e. The molecule has 11 heteroatoms. The second-order valence-corrected chi connectivity index (χ2v) is 7.03. The molecule has 0 unspecified atom stereocenters. The first-order valence-corrected chi connectivity index (χ1v) is 10.1. The summed E-state index contributed by atoms with van der Waals surface area (Å²) < 4.78 is 21.1. The van der Waals surface area contributed by atoms with Crippen LogP contribution in [0.5, 0.6) is 23.0 Å². The molecule has 3 aromatic rings. The van der Waals surface area contributed by atoms with Gasteiger partial charge in [0, 0.05) is 0 Å². The average Bonchev–Trinajstić information content (AvgIpc) is 3.52. The lowest BCUT2D eigenvalue weighted by molar-refractivity contribution is 0.0945. The maximum atomic E-state index is 12.4. The van der Waals surface area contributed by atoms with Gasteiger partial charge in [-0.3, -0.25) is 9.59 Å². The number of carbonyl (C=O) groups is 2. The molecular formula is C23H17N5O6. The van der Waals surface area contributed by atoms with E-state index < -0.39 is 11.8 Å². The van der Waals surface area contributed by atoms with Gasteiger partial charge in [0.05, 0.1) is 12.4 Å². The number of ether oxygens (including phenoxy) is 4. The van der Waals surface area contributed by atoms with Crippen LogP contribution in [0.4, 0.5) is 0 Å². The van der Waals surface area contributed by atoms with Crippen molar-refractivity contribution in [2.75, 3.05) is 13.6 Å². The topological polar surface area (TPSA) is 133 Å². The van der Waals surface area contributed by atoms with Crippen molar-refractivity contribution in [2.24, 2.45) is 10.2 Å². The minimum atomic E-state index is -0.574. The number of nitrogens with zero attached hydrogens (tertiary/aromatic N) is 3. The standard InChI is InChI=1S/C23H17N5O6/c29-22(27-24-10-14-4-6-18-20(8-14)33-12-31-18)16-2-1-3-17(26-16)23(30)28-25-11-15-5-7-19-21(9-15)34-13-32-19/h1-11H,12-13H2,(H,27,29)(H,28,30)/b24-10-,25-11-. The van der Waals surface area contributed by atoms with E-state index in [1.807, 2.05) is 0 Å². The molecule has 2 N–H and O–H groups in total. The molecule has 0 atom stereocenters. The third kappa shape index (κ3) is 4.63. The molecule has 5 rings (SSSR count). The maximum Gasteiger partial charge on any atom is 0.289 e. The molecule has 11 nitrogen and oxygen atoms in total. The molecule has 170 valence electrons. The van der Waals surface area contributed by atoms with Gasteiger partial charge in [-0.15, -0.1) is 0 Å². The van der Waals surface area contributed by atoms with Crippen LogP contribution in [-0.2, 0) is 0 Å². The van der Waals surface area contributed by atoms with E-state index in [1.165, 1.54) is 24.6 Å². The Hall–Kier alpha value is -4.93. The average molecular weight is 459 g/mol. The van der Waals surface area contributed by atoms with Crippen molar-refractivity contribution in [1.82, 2.24) is 15.8 Å². The number of nitrogens with one attached hydrogen (secondary N) is 2.